The van der Waals surface area contributed by atoms with Gasteiger partial charge in [0.05, 0.1) is 25.1 Å². The molecule has 6 nitrogen and oxygen atoms in total. The van der Waals surface area contributed by atoms with Crippen molar-refractivity contribution >= 4 is 17.7 Å². The maximum Gasteiger partial charge on any atom is 0.234 e. The highest BCUT2D eigenvalue weighted by molar-refractivity contribution is 7.99. The third kappa shape index (κ3) is 5.73. The Labute approximate surface area is 197 Å². The van der Waals surface area contributed by atoms with Gasteiger partial charge in [-0.05, 0) is 30.2 Å². The number of nitrogens with zero attached hydrogens (tertiary/aromatic N) is 4. The Hall–Kier alpha value is -3.76. The molecule has 2 heterocycles. The third-order valence-electron chi connectivity index (χ3n) is 5.10. The van der Waals surface area contributed by atoms with E-state index in [4.69, 9.17) is 10.8 Å². The molecule has 4 rings (SSSR count). The van der Waals surface area contributed by atoms with E-state index in [0.717, 1.165) is 11.1 Å². The number of aromatic nitrogens is 3. The molecule has 2 aromatic carbocycles. The summed E-state index contributed by atoms with van der Waals surface area (Å²) in [6.07, 6.45) is 7.14. The number of amides is 1. The van der Waals surface area contributed by atoms with E-state index in [-0.39, 0.29) is 18.2 Å². The smallest absolute Gasteiger partial charge is 0.234 e. The molecule has 0 fully saturated rings. The Morgan fingerprint density at radius 3 is 2.55 bits per heavy atom. The molecule has 4 aromatic rings. The van der Waals surface area contributed by atoms with Gasteiger partial charge in [0.25, 0.3) is 0 Å². The predicted octanol–water partition coefficient (Wildman–Crippen LogP) is 4.65. The quantitative estimate of drug-likeness (QED) is 0.271. The standard InChI is InChI=1S/C26H24N4O2S/c1-3-15-29(17-22-13-11-20(2)12-14-22)24(31)19-33-26-28-27-25(23-10-7-16-32-23)30(26)18-21-8-5-4-6-9-21/h1,4-14,16H,15,17-19H2,2H3. The summed E-state index contributed by atoms with van der Waals surface area (Å²) in [6, 6.07) is 21.8. The minimum Gasteiger partial charge on any atom is -0.461 e. The van der Waals surface area contributed by atoms with Crippen LogP contribution in [0.5, 0.6) is 0 Å². The van der Waals surface area contributed by atoms with E-state index in [9.17, 15) is 4.79 Å². The molecule has 2 aromatic heterocycles. The van der Waals surface area contributed by atoms with Gasteiger partial charge in [0.2, 0.25) is 11.7 Å². The lowest BCUT2D eigenvalue weighted by molar-refractivity contribution is -0.128. The van der Waals surface area contributed by atoms with Gasteiger partial charge in [-0.1, -0.05) is 77.8 Å². The van der Waals surface area contributed by atoms with Crippen LogP contribution in [0.4, 0.5) is 0 Å². The molecule has 7 heteroatoms. The van der Waals surface area contributed by atoms with Crippen molar-refractivity contribution in [2.45, 2.75) is 25.2 Å². The van der Waals surface area contributed by atoms with Gasteiger partial charge in [0.1, 0.15) is 0 Å². The lowest BCUT2D eigenvalue weighted by Gasteiger charge is -2.20. The molecule has 166 valence electrons. The number of hydrogen-bond acceptors (Lipinski definition) is 5. The summed E-state index contributed by atoms with van der Waals surface area (Å²) in [5.41, 5.74) is 3.32. The Morgan fingerprint density at radius 1 is 1.06 bits per heavy atom. The molecular weight excluding hydrogens is 432 g/mol. The molecule has 0 aliphatic rings. The van der Waals surface area contributed by atoms with Crippen molar-refractivity contribution in [3.05, 3.63) is 89.7 Å². The first-order valence-corrected chi connectivity index (χ1v) is 11.5. The topological polar surface area (TPSA) is 64.2 Å². The monoisotopic (exact) mass is 456 g/mol. The van der Waals surface area contributed by atoms with E-state index in [1.807, 2.05) is 78.2 Å². The number of carbonyl (C=O) groups is 1. The summed E-state index contributed by atoms with van der Waals surface area (Å²) >= 11 is 1.35. The minimum atomic E-state index is -0.0488. The van der Waals surface area contributed by atoms with Gasteiger partial charge in [-0.25, -0.2) is 0 Å². The first kappa shape index (κ1) is 22.4. The zero-order valence-electron chi connectivity index (χ0n) is 18.3. The summed E-state index contributed by atoms with van der Waals surface area (Å²) in [6.45, 7) is 3.32. The van der Waals surface area contributed by atoms with Crippen molar-refractivity contribution in [3.63, 3.8) is 0 Å². The van der Waals surface area contributed by atoms with Gasteiger partial charge in [-0.15, -0.1) is 16.6 Å². The molecule has 0 bridgehead atoms. The van der Waals surface area contributed by atoms with E-state index >= 15 is 0 Å². The van der Waals surface area contributed by atoms with Crippen LogP contribution in [0.25, 0.3) is 11.6 Å². The number of benzene rings is 2. The second-order valence-electron chi connectivity index (χ2n) is 7.58. The summed E-state index contributed by atoms with van der Waals surface area (Å²) < 4.78 is 7.52. The SMILES string of the molecule is C#CCN(Cc1ccc(C)cc1)C(=O)CSc1nnc(-c2ccco2)n1Cc1ccccc1. The van der Waals surface area contributed by atoms with Gasteiger partial charge in [0, 0.05) is 6.54 Å². The number of rotatable bonds is 9. The number of carbonyl (C=O) groups excluding carboxylic acids is 1. The summed E-state index contributed by atoms with van der Waals surface area (Å²) in [5.74, 6) is 4.01. The lowest BCUT2D eigenvalue weighted by Crippen LogP contribution is -2.32. The van der Waals surface area contributed by atoms with Gasteiger partial charge >= 0.3 is 0 Å². The molecule has 0 unspecified atom stereocenters. The zero-order chi connectivity index (χ0) is 23.0. The summed E-state index contributed by atoms with van der Waals surface area (Å²) in [7, 11) is 0. The first-order valence-electron chi connectivity index (χ1n) is 10.5. The number of hydrogen-bond donors (Lipinski definition) is 0. The van der Waals surface area contributed by atoms with Crippen LogP contribution >= 0.6 is 11.8 Å². The van der Waals surface area contributed by atoms with Crippen LogP contribution in [0.15, 0.2) is 82.6 Å². The molecule has 33 heavy (non-hydrogen) atoms. The molecule has 0 saturated heterocycles. The molecule has 0 spiro atoms. The highest BCUT2D eigenvalue weighted by Crippen LogP contribution is 2.26. The maximum atomic E-state index is 13.0. The fourth-order valence-corrected chi connectivity index (χ4v) is 4.21. The van der Waals surface area contributed by atoms with Crippen LogP contribution in [0.3, 0.4) is 0 Å². The van der Waals surface area contributed by atoms with E-state index in [1.165, 1.54) is 17.3 Å². The van der Waals surface area contributed by atoms with Gasteiger partial charge < -0.3 is 9.32 Å². The Morgan fingerprint density at radius 2 is 1.85 bits per heavy atom. The number of furan rings is 1. The predicted molar refractivity (Wildman–Crippen MR) is 129 cm³/mol. The van der Waals surface area contributed by atoms with Crippen molar-refractivity contribution in [1.29, 1.82) is 0 Å². The highest BCUT2D eigenvalue weighted by Gasteiger charge is 2.20. The van der Waals surface area contributed by atoms with Crippen LogP contribution in [0.2, 0.25) is 0 Å². The van der Waals surface area contributed by atoms with E-state index in [1.54, 1.807) is 11.2 Å². The van der Waals surface area contributed by atoms with Crippen molar-refractivity contribution in [2.24, 2.45) is 0 Å². The zero-order valence-corrected chi connectivity index (χ0v) is 19.2. The molecule has 0 aliphatic carbocycles. The van der Waals surface area contributed by atoms with Crippen molar-refractivity contribution in [2.75, 3.05) is 12.3 Å². The molecule has 0 atom stereocenters. The van der Waals surface area contributed by atoms with Gasteiger partial charge in [-0.2, -0.15) is 0 Å². The minimum absolute atomic E-state index is 0.0488. The molecule has 0 saturated carbocycles. The van der Waals surface area contributed by atoms with Crippen molar-refractivity contribution < 1.29 is 9.21 Å². The van der Waals surface area contributed by atoms with Gasteiger partial charge in [-0.3, -0.25) is 9.36 Å². The summed E-state index contributed by atoms with van der Waals surface area (Å²) in [5, 5.41) is 9.32. The van der Waals surface area contributed by atoms with Crippen molar-refractivity contribution in [1.82, 2.24) is 19.7 Å². The van der Waals surface area contributed by atoms with Gasteiger partial charge in [0.15, 0.2) is 10.9 Å². The Balaban J connectivity index is 1.51. The fraction of sp³-hybridized carbons (Fsp3) is 0.192. The molecule has 0 radical (unpaired) electrons. The van der Waals surface area contributed by atoms with Crippen LogP contribution in [-0.2, 0) is 17.9 Å². The second kappa shape index (κ2) is 10.7. The number of aryl methyl sites for hydroxylation is 1. The molecule has 0 N–H and O–H groups in total. The van der Waals surface area contributed by atoms with E-state index < -0.39 is 0 Å². The molecule has 1 amide bonds. The number of thioether (sulfide) groups is 1. The third-order valence-corrected chi connectivity index (χ3v) is 6.05. The Kier molecular flexibility index (Phi) is 7.28. The largest absolute Gasteiger partial charge is 0.461 e. The average molecular weight is 457 g/mol. The first-order chi connectivity index (χ1) is 16.1. The van der Waals surface area contributed by atoms with Crippen molar-refractivity contribution in [3.8, 4) is 23.9 Å². The molecule has 0 aliphatic heterocycles. The highest BCUT2D eigenvalue weighted by atomic mass is 32.2. The Bertz CT molecular complexity index is 1230. The lowest BCUT2D eigenvalue weighted by atomic mass is 10.1. The fourth-order valence-electron chi connectivity index (χ4n) is 3.37. The van der Waals surface area contributed by atoms with E-state index in [2.05, 4.69) is 16.1 Å². The second-order valence-corrected chi connectivity index (χ2v) is 8.53. The molecular formula is C26H24N4O2S. The maximum absolute atomic E-state index is 13.0. The normalized spacial score (nSPS) is 10.7. The summed E-state index contributed by atoms with van der Waals surface area (Å²) in [4.78, 5) is 14.7. The van der Waals surface area contributed by atoms with Crippen LogP contribution in [0.1, 0.15) is 16.7 Å². The van der Waals surface area contributed by atoms with Crippen LogP contribution in [-0.4, -0.2) is 37.9 Å². The average Bonchev–Trinajstić information content (AvgIpc) is 3.49. The van der Waals surface area contributed by atoms with Crippen LogP contribution in [0, 0.1) is 19.3 Å². The van der Waals surface area contributed by atoms with E-state index in [0.29, 0.717) is 29.8 Å². The van der Waals surface area contributed by atoms with Crippen LogP contribution < -0.4 is 0 Å². The number of terminal acetylenes is 1.